The van der Waals surface area contributed by atoms with Gasteiger partial charge in [-0.05, 0) is 39.3 Å². The number of aromatic nitrogens is 2. The molecule has 0 aromatic carbocycles. The molecule has 2 aliphatic rings. The first-order chi connectivity index (χ1) is 9.76. The Morgan fingerprint density at radius 1 is 1.25 bits per heavy atom. The maximum atomic E-state index is 6.00. The molecule has 0 amide bonds. The van der Waals surface area contributed by atoms with Crippen LogP contribution in [-0.4, -0.2) is 57.6 Å². The number of nitrogens with two attached hydrogens (primary N) is 1. The van der Waals surface area contributed by atoms with E-state index in [-0.39, 0.29) is 0 Å². The zero-order valence-electron chi connectivity index (χ0n) is 12.5. The fraction of sp³-hybridized carbons (Fsp3) is 0.800. The van der Waals surface area contributed by atoms with E-state index in [2.05, 4.69) is 26.3 Å². The third-order valence-electron chi connectivity index (χ3n) is 4.86. The third-order valence-corrected chi connectivity index (χ3v) is 4.86. The first-order valence-corrected chi connectivity index (χ1v) is 7.97. The van der Waals surface area contributed by atoms with E-state index >= 15 is 0 Å². The normalized spacial score (nSPS) is 26.4. The van der Waals surface area contributed by atoms with Gasteiger partial charge in [-0.25, -0.2) is 4.98 Å². The average molecular weight is 277 g/mol. The van der Waals surface area contributed by atoms with Crippen LogP contribution in [0.25, 0.3) is 0 Å². The van der Waals surface area contributed by atoms with Gasteiger partial charge in [-0.15, -0.1) is 0 Å². The Bertz CT molecular complexity index is 422. The zero-order valence-corrected chi connectivity index (χ0v) is 12.5. The minimum absolute atomic E-state index is 0.433. The number of aryl methyl sites for hydroxylation is 1. The van der Waals surface area contributed by atoms with E-state index in [9.17, 15) is 0 Å². The van der Waals surface area contributed by atoms with Crippen LogP contribution in [0.2, 0.25) is 0 Å². The minimum atomic E-state index is 0.433. The number of rotatable bonds is 4. The monoisotopic (exact) mass is 277 g/mol. The summed E-state index contributed by atoms with van der Waals surface area (Å²) in [7, 11) is 0. The van der Waals surface area contributed by atoms with Crippen molar-refractivity contribution in [1.29, 1.82) is 0 Å². The van der Waals surface area contributed by atoms with Crippen molar-refractivity contribution in [2.45, 2.75) is 51.4 Å². The van der Waals surface area contributed by atoms with Crippen LogP contribution in [0.5, 0.6) is 0 Å². The largest absolute Gasteiger partial charge is 0.334 e. The van der Waals surface area contributed by atoms with Gasteiger partial charge in [0.2, 0.25) is 0 Å². The SMILES string of the molecule is CCn1cncc1CN1CCC(N2CCC(N)CC2)C1. The van der Waals surface area contributed by atoms with Crippen molar-refractivity contribution >= 4 is 0 Å². The fourth-order valence-electron chi connectivity index (χ4n) is 3.53. The molecule has 20 heavy (non-hydrogen) atoms. The van der Waals surface area contributed by atoms with Gasteiger partial charge in [-0.2, -0.15) is 0 Å². The molecule has 5 heteroatoms. The second-order valence-corrected chi connectivity index (χ2v) is 6.22. The molecule has 0 bridgehead atoms. The molecule has 112 valence electrons. The van der Waals surface area contributed by atoms with Gasteiger partial charge in [0.05, 0.1) is 12.0 Å². The molecule has 2 fully saturated rings. The first kappa shape index (κ1) is 14.0. The van der Waals surface area contributed by atoms with Crippen LogP contribution in [0.1, 0.15) is 31.9 Å². The molecule has 0 aliphatic carbocycles. The topological polar surface area (TPSA) is 50.3 Å². The van der Waals surface area contributed by atoms with Gasteiger partial charge in [0, 0.05) is 44.5 Å². The molecule has 0 saturated carbocycles. The van der Waals surface area contributed by atoms with Crippen molar-refractivity contribution in [3.63, 3.8) is 0 Å². The number of likely N-dealkylation sites (tertiary alicyclic amines) is 2. The Hall–Kier alpha value is -0.910. The van der Waals surface area contributed by atoms with E-state index in [1.807, 2.05) is 12.5 Å². The summed E-state index contributed by atoms with van der Waals surface area (Å²) in [5, 5.41) is 0. The molecule has 2 N–H and O–H groups in total. The highest BCUT2D eigenvalue weighted by atomic mass is 15.3. The van der Waals surface area contributed by atoms with Gasteiger partial charge in [0.1, 0.15) is 0 Å². The van der Waals surface area contributed by atoms with Crippen LogP contribution in [0.3, 0.4) is 0 Å². The summed E-state index contributed by atoms with van der Waals surface area (Å²) in [4.78, 5) is 9.49. The molecule has 0 radical (unpaired) electrons. The lowest BCUT2D eigenvalue weighted by Gasteiger charge is -2.34. The minimum Gasteiger partial charge on any atom is -0.334 e. The molecule has 2 aliphatic heterocycles. The van der Waals surface area contributed by atoms with E-state index in [4.69, 9.17) is 5.73 Å². The molecule has 3 rings (SSSR count). The second kappa shape index (κ2) is 6.24. The lowest BCUT2D eigenvalue weighted by molar-refractivity contribution is 0.151. The molecule has 1 aromatic rings. The summed E-state index contributed by atoms with van der Waals surface area (Å²) in [5.41, 5.74) is 7.34. The van der Waals surface area contributed by atoms with E-state index in [1.165, 1.54) is 51.1 Å². The average Bonchev–Trinajstić information content (AvgIpc) is 3.09. The van der Waals surface area contributed by atoms with Gasteiger partial charge in [0.15, 0.2) is 0 Å². The Morgan fingerprint density at radius 2 is 2.05 bits per heavy atom. The van der Waals surface area contributed by atoms with Crippen molar-refractivity contribution < 1.29 is 0 Å². The van der Waals surface area contributed by atoms with Crippen LogP contribution in [0, 0.1) is 0 Å². The quantitative estimate of drug-likeness (QED) is 0.888. The molecule has 1 unspecified atom stereocenters. The van der Waals surface area contributed by atoms with Crippen LogP contribution < -0.4 is 5.73 Å². The lowest BCUT2D eigenvalue weighted by Crippen LogP contribution is -2.46. The van der Waals surface area contributed by atoms with Crippen molar-refractivity contribution in [2.24, 2.45) is 5.73 Å². The maximum Gasteiger partial charge on any atom is 0.0948 e. The van der Waals surface area contributed by atoms with Crippen molar-refractivity contribution in [3.8, 4) is 0 Å². The third kappa shape index (κ3) is 3.05. The summed E-state index contributed by atoms with van der Waals surface area (Å²) < 4.78 is 2.24. The van der Waals surface area contributed by atoms with E-state index in [0.717, 1.165) is 19.1 Å². The molecule has 5 nitrogen and oxygen atoms in total. The number of imidazole rings is 1. The molecule has 1 aromatic heterocycles. The summed E-state index contributed by atoms with van der Waals surface area (Å²) in [6.45, 7) is 9.01. The molecule has 0 spiro atoms. The van der Waals surface area contributed by atoms with Gasteiger partial charge < -0.3 is 10.3 Å². The maximum absolute atomic E-state index is 6.00. The highest BCUT2D eigenvalue weighted by Gasteiger charge is 2.29. The molecule has 2 saturated heterocycles. The summed E-state index contributed by atoms with van der Waals surface area (Å²) in [6.07, 6.45) is 7.58. The summed E-state index contributed by atoms with van der Waals surface area (Å²) in [6, 6.07) is 1.17. The Balaban J connectivity index is 1.52. The number of nitrogens with zero attached hydrogens (tertiary/aromatic N) is 4. The van der Waals surface area contributed by atoms with Gasteiger partial charge in [0.25, 0.3) is 0 Å². The van der Waals surface area contributed by atoms with Crippen LogP contribution >= 0.6 is 0 Å². The highest BCUT2D eigenvalue weighted by Crippen LogP contribution is 2.21. The zero-order chi connectivity index (χ0) is 13.9. The van der Waals surface area contributed by atoms with E-state index < -0.39 is 0 Å². The highest BCUT2D eigenvalue weighted by molar-refractivity contribution is 4.99. The van der Waals surface area contributed by atoms with Crippen LogP contribution in [-0.2, 0) is 13.1 Å². The smallest absolute Gasteiger partial charge is 0.0948 e. The van der Waals surface area contributed by atoms with Crippen molar-refractivity contribution in [1.82, 2.24) is 19.4 Å². The Morgan fingerprint density at radius 3 is 2.80 bits per heavy atom. The number of hydrogen-bond donors (Lipinski definition) is 1. The summed E-state index contributed by atoms with van der Waals surface area (Å²) >= 11 is 0. The van der Waals surface area contributed by atoms with E-state index in [0.29, 0.717) is 6.04 Å². The molecule has 3 heterocycles. The molecular weight excluding hydrogens is 250 g/mol. The lowest BCUT2D eigenvalue weighted by atomic mass is 10.0. The van der Waals surface area contributed by atoms with E-state index in [1.54, 1.807) is 0 Å². The number of piperidine rings is 1. The predicted octanol–water partition coefficient (Wildman–Crippen LogP) is 0.900. The van der Waals surface area contributed by atoms with Gasteiger partial charge in [-0.1, -0.05) is 0 Å². The Labute approximate surface area is 121 Å². The van der Waals surface area contributed by atoms with Gasteiger partial charge in [-0.3, -0.25) is 9.80 Å². The van der Waals surface area contributed by atoms with Crippen LogP contribution in [0.15, 0.2) is 12.5 Å². The fourth-order valence-corrected chi connectivity index (χ4v) is 3.53. The van der Waals surface area contributed by atoms with Crippen molar-refractivity contribution in [2.75, 3.05) is 26.2 Å². The van der Waals surface area contributed by atoms with Gasteiger partial charge >= 0.3 is 0 Å². The second-order valence-electron chi connectivity index (χ2n) is 6.22. The molecule has 1 atom stereocenters. The Kier molecular flexibility index (Phi) is 4.38. The first-order valence-electron chi connectivity index (χ1n) is 7.97. The molecular formula is C15H27N5. The number of hydrogen-bond acceptors (Lipinski definition) is 4. The van der Waals surface area contributed by atoms with Crippen LogP contribution in [0.4, 0.5) is 0 Å². The summed E-state index contributed by atoms with van der Waals surface area (Å²) in [5.74, 6) is 0. The predicted molar refractivity (Wildman–Crippen MR) is 80.4 cm³/mol. The standard InChI is InChI=1S/C15H27N5/c1-2-19-12-17-9-15(19)11-18-6-5-14(10-18)20-7-3-13(16)4-8-20/h9,12-14H,2-8,10-11,16H2,1H3. The van der Waals surface area contributed by atoms with Crippen molar-refractivity contribution in [3.05, 3.63) is 18.2 Å².